The topological polar surface area (TPSA) is 68.7 Å². The number of pyridine rings is 1. The number of aromatic nitrogens is 1. The van der Waals surface area contributed by atoms with E-state index in [0.29, 0.717) is 31.9 Å². The highest BCUT2D eigenvalue weighted by molar-refractivity contribution is 6.34. The van der Waals surface area contributed by atoms with Crippen LogP contribution in [0.4, 0.5) is 0 Å². The molecule has 1 aromatic carbocycles. The average molecular weight is 395 g/mol. The van der Waals surface area contributed by atoms with Gasteiger partial charge in [-0.1, -0.05) is 53.5 Å². The number of ether oxygens (including phenoxy) is 2. The molecule has 2 heterocycles. The maximum atomic E-state index is 12.9. The zero-order valence-corrected chi connectivity index (χ0v) is 15.2. The Hall–Kier alpha value is -2.15. The number of hydrogen-bond acceptors (Lipinski definition) is 5. The predicted octanol–water partition coefficient (Wildman–Crippen LogP) is 3.15. The van der Waals surface area contributed by atoms with Crippen LogP contribution in [-0.4, -0.2) is 48.1 Å². The molecular weight excluding hydrogens is 379 g/mol. The Bertz CT molecular complexity index is 795. The Kier molecular flexibility index (Phi) is 6.08. The molecule has 1 amide bonds. The van der Waals surface area contributed by atoms with Crippen LogP contribution in [0.5, 0.6) is 0 Å². The van der Waals surface area contributed by atoms with Gasteiger partial charge in [0.1, 0.15) is 5.15 Å². The molecule has 26 heavy (non-hydrogen) atoms. The third-order valence-corrected chi connectivity index (χ3v) is 4.40. The molecule has 1 fully saturated rings. The number of hydrogen-bond donors (Lipinski definition) is 0. The van der Waals surface area contributed by atoms with E-state index >= 15 is 0 Å². The smallest absolute Gasteiger partial charge is 0.359 e. The molecule has 1 aromatic heterocycles. The molecule has 1 aliphatic heterocycles. The van der Waals surface area contributed by atoms with E-state index in [-0.39, 0.29) is 21.8 Å². The van der Waals surface area contributed by atoms with Gasteiger partial charge in [-0.3, -0.25) is 4.79 Å². The molecule has 8 heteroatoms. The lowest BCUT2D eigenvalue weighted by atomic mass is 10.1. The minimum absolute atomic E-state index is 0.102. The second kappa shape index (κ2) is 8.49. The second-order valence-electron chi connectivity index (χ2n) is 5.60. The number of benzene rings is 1. The van der Waals surface area contributed by atoms with Crippen molar-refractivity contribution in [2.45, 2.75) is 6.10 Å². The van der Waals surface area contributed by atoms with Crippen molar-refractivity contribution in [3.63, 3.8) is 0 Å². The fourth-order valence-corrected chi connectivity index (χ4v) is 2.89. The van der Waals surface area contributed by atoms with Crippen LogP contribution >= 0.6 is 23.2 Å². The van der Waals surface area contributed by atoms with Gasteiger partial charge in [0.25, 0.3) is 5.91 Å². The van der Waals surface area contributed by atoms with Gasteiger partial charge in [0.15, 0.2) is 5.69 Å². The molecule has 0 saturated carbocycles. The van der Waals surface area contributed by atoms with Gasteiger partial charge in [-0.25, -0.2) is 9.78 Å². The van der Waals surface area contributed by atoms with Gasteiger partial charge in [-0.15, -0.1) is 0 Å². The highest BCUT2D eigenvalue weighted by Gasteiger charge is 2.31. The van der Waals surface area contributed by atoms with E-state index in [9.17, 15) is 9.59 Å². The molecule has 1 saturated heterocycles. The number of esters is 1. The lowest BCUT2D eigenvalue weighted by Gasteiger charge is -2.30. The van der Waals surface area contributed by atoms with E-state index in [1.807, 2.05) is 6.07 Å². The zero-order valence-electron chi connectivity index (χ0n) is 13.7. The van der Waals surface area contributed by atoms with Gasteiger partial charge >= 0.3 is 5.97 Å². The van der Waals surface area contributed by atoms with Crippen molar-refractivity contribution in [2.75, 3.05) is 26.3 Å². The first-order valence-electron chi connectivity index (χ1n) is 8.01. The standard InChI is InChI=1S/C18H16Cl2N2O4/c19-13-6-7-14(20)21-15(13)18(24)26-16(12-4-2-1-3-5-12)17(23)22-8-10-25-11-9-22/h1-7,16H,8-11H2/t16-/m1/s1. The normalized spacial score (nSPS) is 15.4. The summed E-state index contributed by atoms with van der Waals surface area (Å²) in [5.74, 6) is -1.13. The summed E-state index contributed by atoms with van der Waals surface area (Å²) in [4.78, 5) is 31.0. The largest absolute Gasteiger partial charge is 0.443 e. The van der Waals surface area contributed by atoms with Crippen molar-refractivity contribution < 1.29 is 19.1 Å². The first kappa shape index (κ1) is 18.6. The van der Waals surface area contributed by atoms with E-state index in [0.717, 1.165) is 0 Å². The molecule has 2 aromatic rings. The van der Waals surface area contributed by atoms with Crippen LogP contribution in [0.2, 0.25) is 10.2 Å². The highest BCUT2D eigenvalue weighted by atomic mass is 35.5. The fraction of sp³-hybridized carbons (Fsp3) is 0.278. The summed E-state index contributed by atoms with van der Waals surface area (Å²) in [6.45, 7) is 1.78. The molecule has 1 atom stereocenters. The van der Waals surface area contributed by atoms with Crippen molar-refractivity contribution in [2.24, 2.45) is 0 Å². The second-order valence-corrected chi connectivity index (χ2v) is 6.39. The SMILES string of the molecule is O=C(O[C@@H](C(=O)N1CCOCC1)c1ccccc1)c1nc(Cl)ccc1Cl. The molecule has 136 valence electrons. The Morgan fingerprint density at radius 2 is 1.77 bits per heavy atom. The van der Waals surface area contributed by atoms with E-state index in [4.69, 9.17) is 32.7 Å². The maximum Gasteiger partial charge on any atom is 0.359 e. The van der Waals surface area contributed by atoms with Gasteiger partial charge in [0, 0.05) is 18.7 Å². The number of halogens is 2. The Labute approximate surface area is 160 Å². The molecule has 0 radical (unpaired) electrons. The summed E-state index contributed by atoms with van der Waals surface area (Å²) in [6.07, 6.45) is -1.10. The quantitative estimate of drug-likeness (QED) is 0.588. The number of carbonyl (C=O) groups is 2. The van der Waals surface area contributed by atoms with Crippen LogP contribution in [0, 0.1) is 0 Å². The molecule has 0 unspecified atom stereocenters. The Balaban J connectivity index is 1.87. The number of nitrogens with zero attached hydrogens (tertiary/aromatic N) is 2. The number of morpholine rings is 1. The highest BCUT2D eigenvalue weighted by Crippen LogP contribution is 2.25. The van der Waals surface area contributed by atoms with Gasteiger partial charge < -0.3 is 14.4 Å². The van der Waals surface area contributed by atoms with E-state index in [2.05, 4.69) is 4.98 Å². The van der Waals surface area contributed by atoms with E-state index in [1.165, 1.54) is 12.1 Å². The molecule has 3 rings (SSSR count). The van der Waals surface area contributed by atoms with Crippen LogP contribution in [0.15, 0.2) is 42.5 Å². The molecular formula is C18H16Cl2N2O4. The van der Waals surface area contributed by atoms with Crippen LogP contribution < -0.4 is 0 Å². The monoisotopic (exact) mass is 394 g/mol. The lowest BCUT2D eigenvalue weighted by molar-refractivity contribution is -0.145. The molecule has 1 aliphatic rings. The van der Waals surface area contributed by atoms with Crippen molar-refractivity contribution in [3.05, 3.63) is 63.9 Å². The average Bonchev–Trinajstić information content (AvgIpc) is 2.68. The minimum atomic E-state index is -1.10. The van der Waals surface area contributed by atoms with Gasteiger partial charge in [-0.2, -0.15) is 0 Å². The molecule has 0 aliphatic carbocycles. The third-order valence-electron chi connectivity index (χ3n) is 3.88. The van der Waals surface area contributed by atoms with E-state index in [1.54, 1.807) is 29.2 Å². The zero-order chi connectivity index (χ0) is 18.5. The number of rotatable bonds is 4. The summed E-state index contributed by atoms with van der Waals surface area (Å²) in [7, 11) is 0. The van der Waals surface area contributed by atoms with Crippen LogP contribution in [0.1, 0.15) is 22.2 Å². The van der Waals surface area contributed by atoms with Crippen LogP contribution in [0.25, 0.3) is 0 Å². The summed E-state index contributed by atoms with van der Waals surface area (Å²) in [5, 5.41) is 0.210. The first-order valence-corrected chi connectivity index (χ1v) is 8.76. The number of carbonyl (C=O) groups excluding carboxylic acids is 2. The van der Waals surface area contributed by atoms with Crippen LogP contribution in [0.3, 0.4) is 0 Å². The Morgan fingerprint density at radius 3 is 2.46 bits per heavy atom. The fourth-order valence-electron chi connectivity index (χ4n) is 2.56. The maximum absolute atomic E-state index is 12.9. The molecule has 0 spiro atoms. The Morgan fingerprint density at radius 1 is 1.08 bits per heavy atom. The van der Waals surface area contributed by atoms with Gasteiger partial charge in [0.05, 0.1) is 18.2 Å². The lowest BCUT2D eigenvalue weighted by Crippen LogP contribution is -2.44. The van der Waals surface area contributed by atoms with Crippen molar-refractivity contribution in [1.82, 2.24) is 9.88 Å². The summed E-state index contributed by atoms with van der Waals surface area (Å²) < 4.78 is 10.8. The molecule has 0 bridgehead atoms. The third kappa shape index (κ3) is 4.33. The summed E-state index contributed by atoms with van der Waals surface area (Å²) >= 11 is 11.8. The van der Waals surface area contributed by atoms with Gasteiger partial charge in [0.2, 0.25) is 6.10 Å². The van der Waals surface area contributed by atoms with Crippen molar-refractivity contribution in [1.29, 1.82) is 0 Å². The van der Waals surface area contributed by atoms with Gasteiger partial charge in [-0.05, 0) is 12.1 Å². The minimum Gasteiger partial charge on any atom is -0.443 e. The summed E-state index contributed by atoms with van der Waals surface area (Å²) in [5.41, 5.74) is 0.436. The summed E-state index contributed by atoms with van der Waals surface area (Å²) in [6, 6.07) is 11.7. The predicted molar refractivity (Wildman–Crippen MR) is 96.3 cm³/mol. The first-order chi connectivity index (χ1) is 12.6. The van der Waals surface area contributed by atoms with E-state index < -0.39 is 12.1 Å². The number of amides is 1. The molecule has 0 N–H and O–H groups in total. The molecule has 6 nitrogen and oxygen atoms in total. The van der Waals surface area contributed by atoms with Crippen LogP contribution in [-0.2, 0) is 14.3 Å². The van der Waals surface area contributed by atoms with Crippen molar-refractivity contribution in [3.8, 4) is 0 Å². The van der Waals surface area contributed by atoms with Crippen molar-refractivity contribution >= 4 is 35.1 Å².